The van der Waals surface area contributed by atoms with E-state index in [1.165, 1.54) is 0 Å². The molecule has 1 aliphatic rings. The van der Waals surface area contributed by atoms with Gasteiger partial charge in [0.25, 0.3) is 5.91 Å². The fourth-order valence-corrected chi connectivity index (χ4v) is 2.43. The van der Waals surface area contributed by atoms with Gasteiger partial charge in [0.05, 0.1) is 7.11 Å². The van der Waals surface area contributed by atoms with Gasteiger partial charge < -0.3 is 20.1 Å². The largest absolute Gasteiger partial charge is 0.497 e. The predicted octanol–water partition coefficient (Wildman–Crippen LogP) is 2.02. The van der Waals surface area contributed by atoms with Crippen LogP contribution >= 0.6 is 0 Å². The van der Waals surface area contributed by atoms with E-state index in [0.717, 1.165) is 37.1 Å². The van der Waals surface area contributed by atoms with Crippen LogP contribution in [0.3, 0.4) is 0 Å². The summed E-state index contributed by atoms with van der Waals surface area (Å²) in [5.41, 5.74) is 1.02. The fraction of sp³-hybridized carbons (Fsp3) is 0.562. The lowest BCUT2D eigenvalue weighted by molar-refractivity contribution is -0.127. The molecule has 5 nitrogen and oxygen atoms in total. The van der Waals surface area contributed by atoms with Crippen molar-refractivity contribution in [2.75, 3.05) is 20.7 Å². The van der Waals surface area contributed by atoms with Gasteiger partial charge in [-0.2, -0.15) is 0 Å². The second kappa shape index (κ2) is 7.31. The Labute approximate surface area is 126 Å². The molecular weight excluding hydrogens is 268 g/mol. The van der Waals surface area contributed by atoms with Crippen LogP contribution in [0.5, 0.6) is 11.5 Å². The van der Waals surface area contributed by atoms with Crippen molar-refractivity contribution >= 4 is 5.91 Å². The molecule has 0 radical (unpaired) electrons. The number of ether oxygens (including phenoxy) is 2. The zero-order valence-corrected chi connectivity index (χ0v) is 12.9. The minimum Gasteiger partial charge on any atom is -0.497 e. The zero-order valence-electron chi connectivity index (χ0n) is 12.9. The minimum absolute atomic E-state index is 0.0293. The van der Waals surface area contributed by atoms with Gasteiger partial charge in [-0.25, -0.2) is 0 Å². The Morgan fingerprint density at radius 1 is 1.38 bits per heavy atom. The van der Waals surface area contributed by atoms with Crippen LogP contribution in [-0.2, 0) is 4.79 Å². The molecule has 1 aromatic rings. The molecule has 1 aliphatic heterocycles. The highest BCUT2D eigenvalue weighted by Gasteiger charge is 2.24. The van der Waals surface area contributed by atoms with Crippen LogP contribution in [0.4, 0.5) is 0 Å². The topological polar surface area (TPSA) is 59.6 Å². The van der Waals surface area contributed by atoms with E-state index < -0.39 is 6.10 Å². The standard InChI is InChI=1S/C16H24N2O3/c1-11(17-2)13-8-7-12(20-3)10-15(13)21-14-6-4-5-9-18-16(14)19/h7-8,10-11,14,17H,4-6,9H2,1-3H3,(H,18,19). The van der Waals surface area contributed by atoms with Crippen LogP contribution in [0.15, 0.2) is 18.2 Å². The van der Waals surface area contributed by atoms with Crippen LogP contribution < -0.4 is 20.1 Å². The molecule has 1 aromatic carbocycles. The first-order valence-electron chi connectivity index (χ1n) is 7.45. The second-order valence-electron chi connectivity index (χ2n) is 5.31. The number of nitrogens with one attached hydrogen (secondary N) is 2. The molecule has 21 heavy (non-hydrogen) atoms. The summed E-state index contributed by atoms with van der Waals surface area (Å²) in [6.45, 7) is 2.79. The molecule has 2 atom stereocenters. The van der Waals surface area contributed by atoms with E-state index in [1.54, 1.807) is 7.11 Å². The lowest BCUT2D eigenvalue weighted by atomic mass is 10.1. The quantitative estimate of drug-likeness (QED) is 0.872. The number of benzene rings is 1. The van der Waals surface area contributed by atoms with Crippen LogP contribution in [0, 0.1) is 0 Å². The molecule has 0 aliphatic carbocycles. The van der Waals surface area contributed by atoms with E-state index in [-0.39, 0.29) is 11.9 Å². The summed E-state index contributed by atoms with van der Waals surface area (Å²) in [5, 5.41) is 6.09. The monoisotopic (exact) mass is 292 g/mol. The summed E-state index contributed by atoms with van der Waals surface area (Å²) in [6.07, 6.45) is 2.31. The molecule has 2 unspecified atom stereocenters. The third-order valence-corrected chi connectivity index (χ3v) is 3.87. The highest BCUT2D eigenvalue weighted by molar-refractivity contribution is 5.81. The smallest absolute Gasteiger partial charge is 0.261 e. The zero-order chi connectivity index (χ0) is 15.2. The van der Waals surface area contributed by atoms with E-state index in [9.17, 15) is 4.79 Å². The van der Waals surface area contributed by atoms with Gasteiger partial charge in [0.15, 0.2) is 6.10 Å². The average Bonchev–Trinajstić information content (AvgIpc) is 2.71. The highest BCUT2D eigenvalue weighted by atomic mass is 16.5. The number of hydrogen-bond acceptors (Lipinski definition) is 4. The van der Waals surface area contributed by atoms with Crippen molar-refractivity contribution in [1.29, 1.82) is 0 Å². The molecule has 5 heteroatoms. The molecule has 2 N–H and O–H groups in total. The van der Waals surface area contributed by atoms with E-state index in [2.05, 4.69) is 17.6 Å². The maximum atomic E-state index is 12.0. The SMILES string of the molecule is CNC(C)c1ccc(OC)cc1OC1CCCCNC1=O. The maximum Gasteiger partial charge on any atom is 0.261 e. The number of methoxy groups -OCH3 is 1. The first-order valence-corrected chi connectivity index (χ1v) is 7.45. The predicted molar refractivity (Wildman–Crippen MR) is 81.7 cm³/mol. The van der Waals surface area contributed by atoms with Gasteiger partial charge in [0.1, 0.15) is 11.5 Å². The summed E-state index contributed by atoms with van der Waals surface area (Å²) < 4.78 is 11.3. The Balaban J connectivity index is 2.25. The van der Waals surface area contributed by atoms with Gasteiger partial charge in [-0.1, -0.05) is 6.07 Å². The minimum atomic E-state index is -0.428. The first-order chi connectivity index (χ1) is 10.2. The van der Waals surface area contributed by atoms with Crippen molar-refractivity contribution < 1.29 is 14.3 Å². The first kappa shape index (κ1) is 15.6. The number of amides is 1. The molecule has 2 rings (SSSR count). The number of hydrogen-bond donors (Lipinski definition) is 2. The van der Waals surface area contributed by atoms with Gasteiger partial charge in [0.2, 0.25) is 0 Å². The van der Waals surface area contributed by atoms with Gasteiger partial charge in [-0.15, -0.1) is 0 Å². The molecule has 0 bridgehead atoms. The number of carbonyl (C=O) groups excluding carboxylic acids is 1. The van der Waals surface area contributed by atoms with Crippen LogP contribution in [-0.4, -0.2) is 32.7 Å². The maximum absolute atomic E-state index is 12.0. The molecule has 1 amide bonds. The molecule has 1 heterocycles. The van der Waals surface area contributed by atoms with Crippen LogP contribution in [0.1, 0.15) is 37.8 Å². The Morgan fingerprint density at radius 2 is 2.19 bits per heavy atom. The second-order valence-corrected chi connectivity index (χ2v) is 5.31. The van der Waals surface area contributed by atoms with Gasteiger partial charge in [0, 0.05) is 24.2 Å². The Kier molecular flexibility index (Phi) is 5.44. The van der Waals surface area contributed by atoms with E-state index >= 15 is 0 Å². The third-order valence-electron chi connectivity index (χ3n) is 3.87. The number of rotatable bonds is 5. The van der Waals surface area contributed by atoms with Crippen LogP contribution in [0.2, 0.25) is 0 Å². The molecule has 1 fully saturated rings. The van der Waals surface area contributed by atoms with Crippen molar-refractivity contribution in [3.8, 4) is 11.5 Å². The molecule has 1 saturated heterocycles. The van der Waals surface area contributed by atoms with Gasteiger partial charge in [-0.05, 0) is 39.3 Å². The summed E-state index contributed by atoms with van der Waals surface area (Å²) in [6, 6.07) is 5.87. The average molecular weight is 292 g/mol. The van der Waals surface area contributed by atoms with Crippen molar-refractivity contribution in [2.24, 2.45) is 0 Å². The summed E-state index contributed by atoms with van der Waals surface area (Å²) in [4.78, 5) is 12.0. The lowest BCUT2D eigenvalue weighted by Crippen LogP contribution is -2.36. The Hall–Kier alpha value is -1.75. The Morgan fingerprint density at radius 3 is 2.90 bits per heavy atom. The van der Waals surface area contributed by atoms with E-state index in [1.807, 2.05) is 25.2 Å². The molecular formula is C16H24N2O3. The van der Waals surface area contributed by atoms with Crippen molar-refractivity contribution in [3.05, 3.63) is 23.8 Å². The molecule has 0 saturated carbocycles. The van der Waals surface area contributed by atoms with Crippen LogP contribution in [0.25, 0.3) is 0 Å². The fourth-order valence-electron chi connectivity index (χ4n) is 2.43. The van der Waals surface area contributed by atoms with Gasteiger partial charge >= 0.3 is 0 Å². The summed E-state index contributed by atoms with van der Waals surface area (Å²) >= 11 is 0. The normalized spacial score (nSPS) is 20.3. The van der Waals surface area contributed by atoms with Crippen molar-refractivity contribution in [3.63, 3.8) is 0 Å². The van der Waals surface area contributed by atoms with E-state index in [0.29, 0.717) is 5.75 Å². The molecule has 116 valence electrons. The molecule has 0 aromatic heterocycles. The lowest BCUT2D eigenvalue weighted by Gasteiger charge is -2.21. The summed E-state index contributed by atoms with van der Waals surface area (Å²) in [5.74, 6) is 1.41. The van der Waals surface area contributed by atoms with Crippen molar-refractivity contribution in [2.45, 2.75) is 38.3 Å². The highest BCUT2D eigenvalue weighted by Crippen LogP contribution is 2.31. The van der Waals surface area contributed by atoms with E-state index in [4.69, 9.17) is 9.47 Å². The third kappa shape index (κ3) is 3.88. The number of carbonyl (C=O) groups is 1. The summed E-state index contributed by atoms with van der Waals surface area (Å²) in [7, 11) is 3.52. The van der Waals surface area contributed by atoms with Gasteiger partial charge in [-0.3, -0.25) is 4.79 Å². The molecule has 0 spiro atoms. The van der Waals surface area contributed by atoms with Crippen molar-refractivity contribution in [1.82, 2.24) is 10.6 Å². The Bertz CT molecular complexity index is 490.